The van der Waals surface area contributed by atoms with Gasteiger partial charge in [-0.05, 0) is 42.0 Å². The molecule has 2 heterocycles. The van der Waals surface area contributed by atoms with Crippen molar-refractivity contribution in [2.75, 3.05) is 10.6 Å². The van der Waals surface area contributed by atoms with Gasteiger partial charge in [0.05, 0.1) is 18.3 Å². The van der Waals surface area contributed by atoms with Gasteiger partial charge < -0.3 is 15.6 Å². The van der Waals surface area contributed by atoms with Gasteiger partial charge >= 0.3 is 0 Å². The summed E-state index contributed by atoms with van der Waals surface area (Å²) >= 11 is 5.98. The summed E-state index contributed by atoms with van der Waals surface area (Å²) in [6, 6.07) is 19.0. The normalized spacial score (nSPS) is 10.7. The van der Waals surface area contributed by atoms with Crippen LogP contribution in [-0.4, -0.2) is 15.9 Å². The number of hydrogen-bond acceptors (Lipinski definition) is 3. The van der Waals surface area contributed by atoms with Gasteiger partial charge in [0, 0.05) is 27.8 Å². The third-order valence-corrected chi connectivity index (χ3v) is 4.41. The van der Waals surface area contributed by atoms with Gasteiger partial charge in [-0.3, -0.25) is 4.79 Å². The van der Waals surface area contributed by atoms with Gasteiger partial charge in [0.25, 0.3) is 0 Å². The minimum Gasteiger partial charge on any atom is -0.361 e. The molecule has 2 aromatic heterocycles. The van der Waals surface area contributed by atoms with Crippen LogP contribution >= 0.6 is 11.6 Å². The zero-order chi connectivity index (χ0) is 18.6. The third kappa shape index (κ3) is 4.10. The summed E-state index contributed by atoms with van der Waals surface area (Å²) in [6.45, 7) is 0. The Labute approximate surface area is 161 Å². The number of rotatable bonds is 5. The van der Waals surface area contributed by atoms with E-state index in [9.17, 15) is 4.79 Å². The molecule has 6 heteroatoms. The SMILES string of the molecule is O=C(Cc1c[nH]c2ccccc12)Nc1ccc(Nc2cccc(Cl)c2)nc1. The molecule has 4 rings (SSSR count). The van der Waals surface area contributed by atoms with Crippen molar-refractivity contribution >= 4 is 45.6 Å². The van der Waals surface area contributed by atoms with Crippen LogP contribution in [0.15, 0.2) is 73.1 Å². The number of aromatic nitrogens is 2. The van der Waals surface area contributed by atoms with E-state index in [1.54, 1.807) is 6.20 Å². The van der Waals surface area contributed by atoms with Crippen molar-refractivity contribution in [3.63, 3.8) is 0 Å². The van der Waals surface area contributed by atoms with Crippen LogP contribution < -0.4 is 10.6 Å². The Morgan fingerprint density at radius 1 is 1.04 bits per heavy atom. The number of para-hydroxylation sites is 1. The molecular formula is C21H17ClN4O. The number of carbonyl (C=O) groups is 1. The van der Waals surface area contributed by atoms with E-state index in [0.29, 0.717) is 22.9 Å². The van der Waals surface area contributed by atoms with Gasteiger partial charge in [-0.25, -0.2) is 4.98 Å². The fourth-order valence-electron chi connectivity index (χ4n) is 2.91. The van der Waals surface area contributed by atoms with Gasteiger partial charge in [-0.1, -0.05) is 35.9 Å². The van der Waals surface area contributed by atoms with Crippen LogP contribution in [0.25, 0.3) is 10.9 Å². The van der Waals surface area contributed by atoms with Crippen LogP contribution in [0.3, 0.4) is 0 Å². The summed E-state index contributed by atoms with van der Waals surface area (Å²) in [5.74, 6) is 0.587. The van der Waals surface area contributed by atoms with Crippen LogP contribution in [0.5, 0.6) is 0 Å². The summed E-state index contributed by atoms with van der Waals surface area (Å²) in [7, 11) is 0. The monoisotopic (exact) mass is 376 g/mol. The Hall–Kier alpha value is -3.31. The molecule has 3 N–H and O–H groups in total. The number of nitrogens with zero attached hydrogens (tertiary/aromatic N) is 1. The number of hydrogen-bond donors (Lipinski definition) is 3. The zero-order valence-corrected chi connectivity index (χ0v) is 15.1. The Kier molecular flexibility index (Phi) is 4.77. The standard InChI is InChI=1S/C21H17ClN4O/c22-15-4-3-5-16(11-15)25-20-9-8-17(13-24-20)26-21(27)10-14-12-23-19-7-2-1-6-18(14)19/h1-9,11-13,23H,10H2,(H,24,25)(H,26,27). The predicted molar refractivity (Wildman–Crippen MR) is 110 cm³/mol. The summed E-state index contributed by atoms with van der Waals surface area (Å²) < 4.78 is 0. The highest BCUT2D eigenvalue weighted by molar-refractivity contribution is 6.30. The van der Waals surface area contributed by atoms with Crippen LogP contribution in [-0.2, 0) is 11.2 Å². The van der Waals surface area contributed by atoms with E-state index in [1.807, 2.05) is 66.9 Å². The minimum absolute atomic E-state index is 0.0860. The van der Waals surface area contributed by atoms with E-state index >= 15 is 0 Å². The first-order valence-electron chi connectivity index (χ1n) is 8.51. The molecule has 2 aromatic carbocycles. The van der Waals surface area contributed by atoms with Crippen LogP contribution in [0, 0.1) is 0 Å². The Morgan fingerprint density at radius 2 is 1.93 bits per heavy atom. The Bertz CT molecular complexity index is 1090. The molecular weight excluding hydrogens is 360 g/mol. The molecule has 1 amide bonds. The second-order valence-corrected chi connectivity index (χ2v) is 6.59. The third-order valence-electron chi connectivity index (χ3n) is 4.17. The molecule has 0 aliphatic rings. The van der Waals surface area contributed by atoms with E-state index in [0.717, 1.165) is 22.2 Å². The van der Waals surface area contributed by atoms with E-state index < -0.39 is 0 Å². The van der Waals surface area contributed by atoms with Gasteiger partial charge in [-0.15, -0.1) is 0 Å². The molecule has 0 saturated carbocycles. The number of aromatic amines is 1. The molecule has 27 heavy (non-hydrogen) atoms. The first-order chi connectivity index (χ1) is 13.2. The van der Waals surface area contributed by atoms with E-state index in [-0.39, 0.29) is 5.91 Å². The molecule has 0 aliphatic heterocycles. The van der Waals surface area contributed by atoms with Gasteiger partial charge in [0.1, 0.15) is 5.82 Å². The summed E-state index contributed by atoms with van der Waals surface area (Å²) in [6.07, 6.45) is 3.80. The number of amides is 1. The molecule has 134 valence electrons. The Balaban J connectivity index is 1.40. The number of fused-ring (bicyclic) bond motifs is 1. The van der Waals surface area contributed by atoms with Crippen molar-refractivity contribution in [3.8, 4) is 0 Å². The quantitative estimate of drug-likeness (QED) is 0.451. The van der Waals surface area contributed by atoms with E-state index in [2.05, 4.69) is 20.6 Å². The average molecular weight is 377 g/mol. The minimum atomic E-state index is -0.0860. The summed E-state index contributed by atoms with van der Waals surface area (Å²) in [5, 5.41) is 7.77. The average Bonchev–Trinajstić information content (AvgIpc) is 3.06. The molecule has 0 fully saturated rings. The molecule has 0 radical (unpaired) electrons. The highest BCUT2D eigenvalue weighted by atomic mass is 35.5. The van der Waals surface area contributed by atoms with Crippen LogP contribution in [0.2, 0.25) is 5.02 Å². The number of carbonyl (C=O) groups excluding carboxylic acids is 1. The first-order valence-corrected chi connectivity index (χ1v) is 8.89. The Morgan fingerprint density at radius 3 is 2.74 bits per heavy atom. The maximum atomic E-state index is 12.4. The van der Waals surface area contributed by atoms with Crippen LogP contribution in [0.4, 0.5) is 17.2 Å². The van der Waals surface area contributed by atoms with Crippen molar-refractivity contribution in [3.05, 3.63) is 83.6 Å². The number of pyridine rings is 1. The molecule has 0 unspecified atom stereocenters. The highest BCUT2D eigenvalue weighted by Gasteiger charge is 2.09. The van der Waals surface area contributed by atoms with Crippen molar-refractivity contribution in [1.82, 2.24) is 9.97 Å². The lowest BCUT2D eigenvalue weighted by Gasteiger charge is -2.08. The number of anilines is 3. The summed E-state index contributed by atoms with van der Waals surface area (Å²) in [4.78, 5) is 19.9. The second kappa shape index (κ2) is 7.51. The highest BCUT2D eigenvalue weighted by Crippen LogP contribution is 2.21. The van der Waals surface area contributed by atoms with Crippen LogP contribution in [0.1, 0.15) is 5.56 Å². The van der Waals surface area contributed by atoms with Crippen molar-refractivity contribution in [1.29, 1.82) is 0 Å². The number of H-pyrrole nitrogens is 1. The van der Waals surface area contributed by atoms with Gasteiger partial charge in [-0.2, -0.15) is 0 Å². The summed E-state index contributed by atoms with van der Waals surface area (Å²) in [5.41, 5.74) is 3.50. The maximum Gasteiger partial charge on any atom is 0.228 e. The van der Waals surface area contributed by atoms with Crippen molar-refractivity contribution in [2.45, 2.75) is 6.42 Å². The van der Waals surface area contributed by atoms with Gasteiger partial charge in [0.15, 0.2) is 0 Å². The van der Waals surface area contributed by atoms with E-state index in [1.165, 1.54) is 0 Å². The molecule has 0 aliphatic carbocycles. The maximum absolute atomic E-state index is 12.4. The van der Waals surface area contributed by atoms with Gasteiger partial charge in [0.2, 0.25) is 5.91 Å². The largest absolute Gasteiger partial charge is 0.361 e. The first kappa shape index (κ1) is 17.1. The van der Waals surface area contributed by atoms with Crippen molar-refractivity contribution in [2.24, 2.45) is 0 Å². The topological polar surface area (TPSA) is 69.8 Å². The lowest BCUT2D eigenvalue weighted by atomic mass is 10.1. The zero-order valence-electron chi connectivity index (χ0n) is 14.4. The lowest BCUT2D eigenvalue weighted by molar-refractivity contribution is -0.115. The molecule has 0 atom stereocenters. The molecule has 5 nitrogen and oxygen atoms in total. The van der Waals surface area contributed by atoms with Crippen molar-refractivity contribution < 1.29 is 4.79 Å². The van der Waals surface area contributed by atoms with E-state index in [4.69, 9.17) is 11.6 Å². The second-order valence-electron chi connectivity index (χ2n) is 6.15. The smallest absolute Gasteiger partial charge is 0.228 e. The number of benzene rings is 2. The number of nitrogens with one attached hydrogen (secondary N) is 3. The fourth-order valence-corrected chi connectivity index (χ4v) is 3.10. The number of halogens is 1. The predicted octanol–water partition coefficient (Wildman–Crippen LogP) is 5.14. The molecule has 0 saturated heterocycles. The molecule has 4 aromatic rings. The molecule has 0 spiro atoms. The lowest BCUT2D eigenvalue weighted by Crippen LogP contribution is -2.14. The fraction of sp³-hybridized carbons (Fsp3) is 0.0476. The molecule has 0 bridgehead atoms.